The maximum atomic E-state index is 11.8. The topological polar surface area (TPSA) is 61.7 Å². The summed E-state index contributed by atoms with van der Waals surface area (Å²) in [6.07, 6.45) is 1.59. The van der Waals surface area contributed by atoms with Gasteiger partial charge < -0.3 is 5.11 Å². The molecule has 0 bridgehead atoms. The Morgan fingerprint density at radius 2 is 1.95 bits per heavy atom. The number of phenols is 1. The summed E-state index contributed by atoms with van der Waals surface area (Å²) in [5, 5.41) is 13.5. The molecular formula is C16H16N2O2. The molecule has 0 aliphatic carbocycles. The van der Waals surface area contributed by atoms with Crippen LogP contribution in [-0.2, 0) is 0 Å². The number of benzene rings is 2. The smallest absolute Gasteiger partial charge is 0.275 e. The molecule has 0 atom stereocenters. The summed E-state index contributed by atoms with van der Waals surface area (Å²) in [7, 11) is 0. The summed E-state index contributed by atoms with van der Waals surface area (Å²) in [5.74, 6) is -0.504. The third-order valence-electron chi connectivity index (χ3n) is 2.94. The third-order valence-corrected chi connectivity index (χ3v) is 2.94. The SMILES string of the molecule is Cc1ccc(/C=N/NC(=O)c2ccccc2O)c(C)c1. The number of aromatic hydroxyl groups is 1. The number of nitrogens with one attached hydrogen (secondary N) is 1. The number of aryl methyl sites for hydroxylation is 2. The normalized spacial score (nSPS) is 10.7. The zero-order valence-electron chi connectivity index (χ0n) is 11.4. The Morgan fingerprint density at radius 3 is 2.65 bits per heavy atom. The lowest BCUT2D eigenvalue weighted by molar-refractivity contribution is 0.0952. The van der Waals surface area contributed by atoms with E-state index in [-0.39, 0.29) is 11.3 Å². The molecule has 0 unspecified atom stereocenters. The van der Waals surface area contributed by atoms with Gasteiger partial charge in [-0.2, -0.15) is 5.10 Å². The number of carbonyl (C=O) groups excluding carboxylic acids is 1. The van der Waals surface area contributed by atoms with Gasteiger partial charge in [-0.15, -0.1) is 0 Å². The van der Waals surface area contributed by atoms with Gasteiger partial charge in [-0.25, -0.2) is 5.43 Å². The predicted molar refractivity (Wildman–Crippen MR) is 79.1 cm³/mol. The summed E-state index contributed by atoms with van der Waals surface area (Å²) in [6.45, 7) is 4.01. The van der Waals surface area contributed by atoms with Gasteiger partial charge in [-0.1, -0.05) is 35.9 Å². The molecule has 0 heterocycles. The molecule has 4 heteroatoms. The van der Waals surface area contributed by atoms with Crippen LogP contribution in [0, 0.1) is 13.8 Å². The van der Waals surface area contributed by atoms with Gasteiger partial charge in [-0.05, 0) is 37.1 Å². The second-order valence-corrected chi connectivity index (χ2v) is 4.58. The zero-order valence-corrected chi connectivity index (χ0v) is 11.4. The van der Waals surface area contributed by atoms with Crippen LogP contribution < -0.4 is 5.43 Å². The molecule has 0 aliphatic heterocycles. The van der Waals surface area contributed by atoms with E-state index in [9.17, 15) is 9.90 Å². The maximum Gasteiger partial charge on any atom is 0.275 e. The second kappa shape index (κ2) is 6.02. The van der Waals surface area contributed by atoms with Crippen molar-refractivity contribution in [1.29, 1.82) is 0 Å². The number of carbonyl (C=O) groups is 1. The first kappa shape index (κ1) is 13.8. The molecule has 2 aromatic carbocycles. The summed E-state index contributed by atoms with van der Waals surface area (Å²) < 4.78 is 0. The lowest BCUT2D eigenvalue weighted by atomic mass is 10.1. The largest absolute Gasteiger partial charge is 0.507 e. The van der Waals surface area contributed by atoms with E-state index < -0.39 is 5.91 Å². The van der Waals surface area contributed by atoms with Crippen LogP contribution in [0.25, 0.3) is 0 Å². The maximum absolute atomic E-state index is 11.8. The lowest BCUT2D eigenvalue weighted by Gasteiger charge is -2.03. The summed E-state index contributed by atoms with van der Waals surface area (Å²) in [4.78, 5) is 11.8. The fourth-order valence-electron chi connectivity index (χ4n) is 1.86. The zero-order chi connectivity index (χ0) is 14.5. The Bertz CT molecular complexity index is 663. The molecule has 102 valence electrons. The molecular weight excluding hydrogens is 252 g/mol. The van der Waals surface area contributed by atoms with Gasteiger partial charge in [-0.3, -0.25) is 4.79 Å². The van der Waals surface area contributed by atoms with Crippen molar-refractivity contribution in [2.45, 2.75) is 13.8 Å². The minimum absolute atomic E-state index is 0.0632. The summed E-state index contributed by atoms with van der Waals surface area (Å²) >= 11 is 0. The van der Waals surface area contributed by atoms with Crippen LogP contribution >= 0.6 is 0 Å². The quantitative estimate of drug-likeness (QED) is 0.664. The molecule has 0 radical (unpaired) electrons. The van der Waals surface area contributed by atoms with E-state index in [1.54, 1.807) is 18.3 Å². The average Bonchev–Trinajstić information content (AvgIpc) is 2.41. The Kier molecular flexibility index (Phi) is 4.15. The molecule has 2 N–H and O–H groups in total. The van der Waals surface area contributed by atoms with Crippen molar-refractivity contribution in [3.8, 4) is 5.75 Å². The van der Waals surface area contributed by atoms with E-state index in [1.807, 2.05) is 32.0 Å². The number of hydrogen-bond donors (Lipinski definition) is 2. The number of amides is 1. The fourth-order valence-corrected chi connectivity index (χ4v) is 1.86. The molecule has 0 aromatic heterocycles. The van der Waals surface area contributed by atoms with E-state index >= 15 is 0 Å². The van der Waals surface area contributed by atoms with Crippen LogP contribution in [0.2, 0.25) is 0 Å². The molecule has 20 heavy (non-hydrogen) atoms. The average molecular weight is 268 g/mol. The van der Waals surface area contributed by atoms with Gasteiger partial charge in [0, 0.05) is 0 Å². The first-order chi connectivity index (χ1) is 9.58. The standard InChI is InChI=1S/C16H16N2O2/c1-11-7-8-13(12(2)9-11)10-17-18-16(20)14-5-3-4-6-15(14)19/h3-10,19H,1-2H3,(H,18,20)/b17-10+. The third kappa shape index (κ3) is 3.23. The van der Waals surface area contributed by atoms with Gasteiger partial charge in [0.05, 0.1) is 11.8 Å². The van der Waals surface area contributed by atoms with Crippen LogP contribution in [0.5, 0.6) is 5.75 Å². The number of hydrogen-bond acceptors (Lipinski definition) is 3. The van der Waals surface area contributed by atoms with Crippen LogP contribution in [0.4, 0.5) is 0 Å². The van der Waals surface area contributed by atoms with Crippen molar-refractivity contribution < 1.29 is 9.90 Å². The molecule has 0 fully saturated rings. The van der Waals surface area contributed by atoms with Gasteiger partial charge >= 0.3 is 0 Å². The van der Waals surface area contributed by atoms with Crippen LogP contribution in [0.15, 0.2) is 47.6 Å². The lowest BCUT2D eigenvalue weighted by Crippen LogP contribution is -2.17. The molecule has 0 spiro atoms. The fraction of sp³-hybridized carbons (Fsp3) is 0.125. The highest BCUT2D eigenvalue weighted by Crippen LogP contribution is 2.15. The molecule has 2 aromatic rings. The van der Waals surface area contributed by atoms with Crippen molar-refractivity contribution in [2.24, 2.45) is 5.10 Å². The number of hydrazone groups is 1. The van der Waals surface area contributed by atoms with Gasteiger partial charge in [0.15, 0.2) is 0 Å². The predicted octanol–water partition coefficient (Wildman–Crippen LogP) is 2.77. The minimum atomic E-state index is -0.441. The monoisotopic (exact) mass is 268 g/mol. The first-order valence-corrected chi connectivity index (χ1v) is 6.26. The van der Waals surface area contributed by atoms with Gasteiger partial charge in [0.2, 0.25) is 0 Å². The Morgan fingerprint density at radius 1 is 1.20 bits per heavy atom. The van der Waals surface area contributed by atoms with Crippen molar-refractivity contribution in [3.05, 3.63) is 64.7 Å². The number of para-hydroxylation sites is 1. The Labute approximate surface area is 117 Å². The summed E-state index contributed by atoms with van der Waals surface area (Å²) in [5.41, 5.74) is 5.81. The highest BCUT2D eigenvalue weighted by molar-refractivity contribution is 5.97. The van der Waals surface area contributed by atoms with Crippen molar-refractivity contribution in [2.75, 3.05) is 0 Å². The van der Waals surface area contributed by atoms with E-state index in [0.29, 0.717) is 0 Å². The van der Waals surface area contributed by atoms with Gasteiger partial charge in [0.25, 0.3) is 5.91 Å². The number of rotatable bonds is 3. The van der Waals surface area contributed by atoms with E-state index in [0.717, 1.165) is 11.1 Å². The Hall–Kier alpha value is -2.62. The summed E-state index contributed by atoms with van der Waals surface area (Å²) in [6, 6.07) is 12.3. The van der Waals surface area contributed by atoms with Crippen molar-refractivity contribution in [1.82, 2.24) is 5.43 Å². The van der Waals surface area contributed by atoms with Crippen molar-refractivity contribution in [3.63, 3.8) is 0 Å². The second-order valence-electron chi connectivity index (χ2n) is 4.58. The van der Waals surface area contributed by atoms with Crippen LogP contribution in [0.1, 0.15) is 27.0 Å². The Balaban J connectivity index is 2.07. The van der Waals surface area contributed by atoms with Crippen LogP contribution in [0.3, 0.4) is 0 Å². The highest BCUT2D eigenvalue weighted by atomic mass is 16.3. The van der Waals surface area contributed by atoms with Gasteiger partial charge in [0.1, 0.15) is 5.75 Å². The van der Waals surface area contributed by atoms with Crippen LogP contribution in [-0.4, -0.2) is 17.2 Å². The molecule has 0 saturated heterocycles. The molecule has 1 amide bonds. The van der Waals surface area contributed by atoms with Crippen molar-refractivity contribution >= 4 is 12.1 Å². The molecule has 4 nitrogen and oxygen atoms in total. The van der Waals surface area contributed by atoms with E-state index in [4.69, 9.17) is 0 Å². The van der Waals surface area contributed by atoms with E-state index in [2.05, 4.69) is 10.5 Å². The molecule has 2 rings (SSSR count). The highest BCUT2D eigenvalue weighted by Gasteiger charge is 2.08. The molecule has 0 saturated carbocycles. The first-order valence-electron chi connectivity index (χ1n) is 6.26. The molecule has 0 aliphatic rings. The number of phenolic OH excluding ortho intramolecular Hbond substituents is 1. The number of nitrogens with zero attached hydrogens (tertiary/aromatic N) is 1. The minimum Gasteiger partial charge on any atom is -0.507 e. The van der Waals surface area contributed by atoms with E-state index in [1.165, 1.54) is 17.7 Å².